The van der Waals surface area contributed by atoms with Gasteiger partial charge in [0.1, 0.15) is 5.37 Å². The molecule has 0 aromatic heterocycles. The second-order valence-corrected chi connectivity index (χ2v) is 7.71. The van der Waals surface area contributed by atoms with Crippen LogP contribution in [0.3, 0.4) is 0 Å². The second-order valence-electron chi connectivity index (χ2n) is 4.29. The number of nitrogens with zero attached hydrogens (tertiary/aromatic N) is 2. The molecule has 11 heteroatoms. The summed E-state index contributed by atoms with van der Waals surface area (Å²) >= 11 is 0. The highest BCUT2D eigenvalue weighted by Crippen LogP contribution is 2.15. The zero-order valence-corrected chi connectivity index (χ0v) is 12.1. The minimum Gasteiger partial charge on any atom is -0.321 e. The number of carbonyl (C=O) groups excluding carboxylic acids is 1. The molecule has 9 nitrogen and oxygen atoms in total. The van der Waals surface area contributed by atoms with Crippen molar-refractivity contribution in [2.45, 2.75) is 24.6 Å². The van der Waals surface area contributed by atoms with Crippen molar-refractivity contribution in [1.29, 1.82) is 0 Å². The predicted molar refractivity (Wildman–Crippen MR) is 65.3 cm³/mol. The van der Waals surface area contributed by atoms with Crippen LogP contribution in [-0.4, -0.2) is 72.0 Å². The molecule has 1 fully saturated rings. The lowest BCUT2D eigenvalue weighted by atomic mass is 10.3. The molecule has 2 unspecified atom stereocenters. The number of carbonyl (C=O) groups is 1. The van der Waals surface area contributed by atoms with Crippen molar-refractivity contribution in [2.75, 3.05) is 19.6 Å². The molecule has 0 aromatic carbocycles. The molecule has 1 aliphatic rings. The van der Waals surface area contributed by atoms with E-state index in [-0.39, 0.29) is 19.6 Å². The minimum atomic E-state index is -4.38. The highest BCUT2D eigenvalue weighted by molar-refractivity contribution is 7.86. The van der Waals surface area contributed by atoms with E-state index in [9.17, 15) is 21.6 Å². The maximum absolute atomic E-state index is 11.8. The van der Waals surface area contributed by atoms with Crippen LogP contribution in [0.1, 0.15) is 13.8 Å². The first-order valence-electron chi connectivity index (χ1n) is 5.40. The number of piperazine rings is 1. The molecule has 0 aromatic rings. The molecular weight excluding hydrogens is 300 g/mol. The summed E-state index contributed by atoms with van der Waals surface area (Å²) < 4.78 is 61.6. The van der Waals surface area contributed by atoms with Gasteiger partial charge in [0.25, 0.3) is 20.2 Å². The fourth-order valence-corrected chi connectivity index (χ4v) is 2.85. The van der Waals surface area contributed by atoms with Crippen molar-refractivity contribution >= 4 is 26.1 Å². The number of hydrogen-bond acceptors (Lipinski definition) is 6. The summed E-state index contributed by atoms with van der Waals surface area (Å²) in [5.74, 6) is -0.633. The molecule has 0 radical (unpaired) electrons. The molecule has 2 atom stereocenters. The van der Waals surface area contributed by atoms with Crippen molar-refractivity contribution in [3.05, 3.63) is 0 Å². The van der Waals surface area contributed by atoms with Gasteiger partial charge in [0.05, 0.1) is 6.54 Å². The van der Waals surface area contributed by atoms with Crippen LogP contribution in [0, 0.1) is 0 Å². The number of amides is 1. The molecule has 1 rings (SSSR count). The molecular formula is C8H16N2O7S2. The van der Waals surface area contributed by atoms with Crippen LogP contribution < -0.4 is 0 Å². The van der Waals surface area contributed by atoms with Crippen molar-refractivity contribution in [3.63, 3.8) is 0 Å². The Morgan fingerprint density at radius 2 is 1.47 bits per heavy atom. The zero-order chi connectivity index (χ0) is 15.0. The quantitative estimate of drug-likeness (QED) is 0.605. The van der Waals surface area contributed by atoms with Gasteiger partial charge in [-0.3, -0.25) is 18.8 Å². The van der Waals surface area contributed by atoms with Gasteiger partial charge >= 0.3 is 0 Å². The SMILES string of the molecule is CC(N1CCN(C(C)S(=O)(=O)O)C(=O)C1)S(=O)(=O)O. The summed E-state index contributed by atoms with van der Waals surface area (Å²) in [5, 5.41) is -2.64. The third-order valence-corrected chi connectivity index (χ3v) is 5.38. The van der Waals surface area contributed by atoms with Gasteiger partial charge in [0, 0.05) is 13.1 Å². The molecule has 112 valence electrons. The van der Waals surface area contributed by atoms with Gasteiger partial charge < -0.3 is 4.90 Å². The lowest BCUT2D eigenvalue weighted by Crippen LogP contribution is -2.57. The van der Waals surface area contributed by atoms with Crippen LogP contribution in [-0.2, 0) is 25.0 Å². The Hall–Kier alpha value is -0.750. The fourth-order valence-electron chi connectivity index (χ4n) is 1.75. The molecule has 1 aliphatic heterocycles. The lowest BCUT2D eigenvalue weighted by molar-refractivity contribution is -0.137. The van der Waals surface area contributed by atoms with Crippen molar-refractivity contribution in [3.8, 4) is 0 Å². The maximum Gasteiger partial charge on any atom is 0.286 e. The van der Waals surface area contributed by atoms with Gasteiger partial charge in [-0.25, -0.2) is 0 Å². The monoisotopic (exact) mass is 316 g/mol. The zero-order valence-electron chi connectivity index (χ0n) is 10.4. The summed E-state index contributed by atoms with van der Waals surface area (Å²) in [7, 11) is -8.69. The molecule has 1 heterocycles. The smallest absolute Gasteiger partial charge is 0.286 e. The largest absolute Gasteiger partial charge is 0.321 e. The van der Waals surface area contributed by atoms with E-state index < -0.39 is 36.9 Å². The van der Waals surface area contributed by atoms with Crippen LogP contribution in [0.15, 0.2) is 0 Å². The standard InChI is InChI=1S/C8H16N2O7S2/c1-6(18(12,13)14)9-3-4-10(8(11)5-9)7(2)19(15,16)17/h6-7H,3-5H2,1-2H3,(H,12,13,14)(H,15,16,17). The number of hydrogen-bond donors (Lipinski definition) is 2. The summed E-state index contributed by atoms with van der Waals surface area (Å²) in [5.41, 5.74) is 0. The first kappa shape index (κ1) is 16.3. The van der Waals surface area contributed by atoms with Gasteiger partial charge in [-0.15, -0.1) is 0 Å². The fraction of sp³-hybridized carbons (Fsp3) is 0.875. The molecule has 1 amide bonds. The van der Waals surface area contributed by atoms with Gasteiger partial charge in [0.2, 0.25) is 5.91 Å². The Labute approximate surface area is 111 Å². The van der Waals surface area contributed by atoms with E-state index in [1.165, 1.54) is 11.8 Å². The summed E-state index contributed by atoms with van der Waals surface area (Å²) in [6.07, 6.45) is 0. The third-order valence-electron chi connectivity index (χ3n) is 3.10. The van der Waals surface area contributed by atoms with Crippen LogP contribution in [0.5, 0.6) is 0 Å². The average Bonchev–Trinajstić information content (AvgIpc) is 2.24. The molecule has 1 saturated heterocycles. The second kappa shape index (κ2) is 5.32. The van der Waals surface area contributed by atoms with Gasteiger partial charge in [-0.1, -0.05) is 0 Å². The van der Waals surface area contributed by atoms with E-state index in [1.54, 1.807) is 0 Å². The molecule has 0 saturated carbocycles. The Balaban J connectivity index is 2.81. The molecule has 0 bridgehead atoms. The van der Waals surface area contributed by atoms with E-state index in [0.717, 1.165) is 11.8 Å². The Bertz CT molecular complexity index is 556. The Morgan fingerprint density at radius 3 is 1.84 bits per heavy atom. The van der Waals surface area contributed by atoms with Crippen LogP contribution in [0.25, 0.3) is 0 Å². The molecule has 0 spiro atoms. The average molecular weight is 316 g/mol. The third kappa shape index (κ3) is 3.86. The first-order valence-corrected chi connectivity index (χ1v) is 8.41. The summed E-state index contributed by atoms with van der Waals surface area (Å²) in [6, 6.07) is 0. The van der Waals surface area contributed by atoms with Crippen LogP contribution >= 0.6 is 0 Å². The lowest BCUT2D eigenvalue weighted by Gasteiger charge is -2.38. The van der Waals surface area contributed by atoms with Crippen molar-refractivity contribution in [2.24, 2.45) is 0 Å². The summed E-state index contributed by atoms with van der Waals surface area (Å²) in [4.78, 5) is 13.9. The molecule has 2 N–H and O–H groups in total. The highest BCUT2D eigenvalue weighted by atomic mass is 32.2. The first-order chi connectivity index (χ1) is 8.44. The van der Waals surface area contributed by atoms with Gasteiger partial charge in [0.15, 0.2) is 5.37 Å². The topological polar surface area (TPSA) is 132 Å². The molecule has 0 aliphatic carbocycles. The maximum atomic E-state index is 11.8. The van der Waals surface area contributed by atoms with Gasteiger partial charge in [-0.05, 0) is 13.8 Å². The van der Waals surface area contributed by atoms with E-state index in [2.05, 4.69) is 0 Å². The van der Waals surface area contributed by atoms with Crippen LogP contribution in [0.2, 0.25) is 0 Å². The highest BCUT2D eigenvalue weighted by Gasteiger charge is 2.37. The Morgan fingerprint density at radius 1 is 1.00 bits per heavy atom. The van der Waals surface area contributed by atoms with Crippen LogP contribution in [0.4, 0.5) is 0 Å². The normalized spacial score (nSPS) is 22.3. The Kier molecular flexibility index (Phi) is 4.57. The van der Waals surface area contributed by atoms with Gasteiger partial charge in [-0.2, -0.15) is 16.8 Å². The van der Waals surface area contributed by atoms with E-state index in [4.69, 9.17) is 9.11 Å². The van der Waals surface area contributed by atoms with E-state index in [0.29, 0.717) is 0 Å². The van der Waals surface area contributed by atoms with E-state index >= 15 is 0 Å². The summed E-state index contributed by atoms with van der Waals surface area (Å²) in [6.45, 7) is 2.06. The minimum absolute atomic E-state index is 0.0559. The van der Waals surface area contributed by atoms with Crippen molar-refractivity contribution < 1.29 is 30.7 Å². The number of rotatable bonds is 4. The van der Waals surface area contributed by atoms with E-state index in [1.807, 2.05) is 0 Å². The van der Waals surface area contributed by atoms with Crippen molar-refractivity contribution in [1.82, 2.24) is 9.80 Å². The predicted octanol–water partition coefficient (Wildman–Crippen LogP) is -1.40. The molecule has 19 heavy (non-hydrogen) atoms.